The molecule has 5 heteroatoms. The summed E-state index contributed by atoms with van der Waals surface area (Å²) < 4.78 is 2.40. The van der Waals surface area contributed by atoms with Crippen LogP contribution in [0.15, 0.2) is 153 Å². The first-order valence-electron chi connectivity index (χ1n) is 18.3. The molecule has 1 aromatic heterocycles. The van der Waals surface area contributed by atoms with Gasteiger partial charge in [0.25, 0.3) is 0 Å². The predicted molar refractivity (Wildman–Crippen MR) is 211 cm³/mol. The smallest absolute Gasteiger partial charge is 0.211 e. The fourth-order valence-electron chi connectivity index (χ4n) is 8.58. The van der Waals surface area contributed by atoms with E-state index in [0.29, 0.717) is 17.1 Å². The molecule has 5 aliphatic carbocycles. The normalized spacial score (nSPS) is 26.0. The van der Waals surface area contributed by atoms with E-state index >= 15 is 0 Å². The van der Waals surface area contributed by atoms with Crippen LogP contribution in [0.2, 0.25) is 0 Å². The van der Waals surface area contributed by atoms with Gasteiger partial charge in [-0.05, 0) is 96.1 Å². The molecular formula is C45H40N4S. The number of rotatable bonds is 4. The Morgan fingerprint density at radius 1 is 0.820 bits per heavy atom. The molecule has 7 aliphatic rings. The number of fused-ring (bicyclic) bond motifs is 6. The van der Waals surface area contributed by atoms with Gasteiger partial charge in [0.15, 0.2) is 5.84 Å². The molecule has 0 radical (unpaired) electrons. The molecule has 50 heavy (non-hydrogen) atoms. The molecule has 0 saturated heterocycles. The van der Waals surface area contributed by atoms with Gasteiger partial charge in [0.2, 0.25) is 5.96 Å². The molecule has 3 heterocycles. The molecule has 10 rings (SSSR count). The predicted octanol–water partition coefficient (Wildman–Crippen LogP) is 10.5. The minimum Gasteiger partial charge on any atom is -0.330 e. The van der Waals surface area contributed by atoms with Crippen LogP contribution in [0.25, 0.3) is 28.1 Å². The lowest BCUT2D eigenvalue weighted by atomic mass is 9.84. The van der Waals surface area contributed by atoms with Crippen LogP contribution in [0.3, 0.4) is 0 Å². The van der Waals surface area contributed by atoms with E-state index in [1.807, 2.05) is 11.8 Å². The first-order chi connectivity index (χ1) is 24.8. The fraction of sp³-hybridized carbons (Fsp3) is 0.244. The van der Waals surface area contributed by atoms with Crippen molar-refractivity contribution in [2.45, 2.75) is 67.2 Å². The standard InChI is InChI=1S/C45H40N4S/c1-4-13-29(14-5-1)32-24-26-39-38(27-32)35-25-23-33(34-20-12-21-37-36-19-10-11-22-41(36)50-42(34)37)28-40(35)49(39)45-47-43(30-15-6-2-7-16-30)46-44(48-45)31-17-8-3-9-18-31/h2,4,6,8,10-15,17-26,28,32,36,41,44H,1,3,5,7,9,16,27H2,(H,46,47,48). The van der Waals surface area contributed by atoms with Crippen molar-refractivity contribution in [1.29, 1.82) is 0 Å². The lowest BCUT2D eigenvalue weighted by Gasteiger charge is -2.28. The summed E-state index contributed by atoms with van der Waals surface area (Å²) in [4.78, 5) is 12.0. The van der Waals surface area contributed by atoms with Crippen molar-refractivity contribution < 1.29 is 0 Å². The summed E-state index contributed by atoms with van der Waals surface area (Å²) in [6, 6.07) is 14.0. The van der Waals surface area contributed by atoms with Crippen molar-refractivity contribution in [3.05, 3.63) is 155 Å². The molecule has 4 unspecified atom stereocenters. The molecule has 2 aliphatic heterocycles. The average molecular weight is 669 g/mol. The van der Waals surface area contributed by atoms with Gasteiger partial charge in [0, 0.05) is 27.4 Å². The van der Waals surface area contributed by atoms with E-state index < -0.39 is 0 Å². The van der Waals surface area contributed by atoms with Crippen molar-refractivity contribution in [2.24, 2.45) is 15.9 Å². The van der Waals surface area contributed by atoms with Gasteiger partial charge in [-0.25, -0.2) is 4.99 Å². The van der Waals surface area contributed by atoms with Gasteiger partial charge in [-0.15, -0.1) is 11.8 Å². The van der Waals surface area contributed by atoms with Gasteiger partial charge in [0.1, 0.15) is 6.17 Å². The lowest BCUT2D eigenvalue weighted by molar-refractivity contribution is 0.700. The van der Waals surface area contributed by atoms with Crippen LogP contribution in [0, 0.1) is 5.92 Å². The van der Waals surface area contributed by atoms with Gasteiger partial charge in [-0.3, -0.25) is 4.57 Å². The lowest BCUT2D eigenvalue weighted by Crippen LogP contribution is -2.43. The summed E-state index contributed by atoms with van der Waals surface area (Å²) in [6.07, 6.45) is 41.6. The minimum absolute atomic E-state index is 0.187. The summed E-state index contributed by atoms with van der Waals surface area (Å²) >= 11 is 2.01. The Kier molecular flexibility index (Phi) is 7.48. The highest BCUT2D eigenvalue weighted by Crippen LogP contribution is 2.52. The first-order valence-corrected chi connectivity index (χ1v) is 19.2. The maximum Gasteiger partial charge on any atom is 0.211 e. The summed E-state index contributed by atoms with van der Waals surface area (Å²) in [7, 11) is 0. The Morgan fingerprint density at radius 2 is 1.70 bits per heavy atom. The number of aliphatic imine (C=N–C) groups is 2. The number of aromatic nitrogens is 1. The van der Waals surface area contributed by atoms with E-state index in [1.165, 1.54) is 60.5 Å². The quantitative estimate of drug-likeness (QED) is 0.301. The van der Waals surface area contributed by atoms with Crippen LogP contribution in [0.4, 0.5) is 0 Å². The van der Waals surface area contributed by atoms with Crippen LogP contribution in [0.1, 0.15) is 61.3 Å². The Morgan fingerprint density at radius 3 is 2.54 bits per heavy atom. The third-order valence-corrected chi connectivity index (χ3v) is 12.5. The van der Waals surface area contributed by atoms with Crippen LogP contribution in [0.5, 0.6) is 0 Å². The number of thioether (sulfide) groups is 1. The Hall–Kier alpha value is -4.87. The molecular weight excluding hydrogens is 629 g/mol. The Labute approximate surface area is 298 Å². The van der Waals surface area contributed by atoms with Crippen LogP contribution >= 0.6 is 11.8 Å². The van der Waals surface area contributed by atoms with Gasteiger partial charge in [-0.1, -0.05) is 115 Å². The zero-order valence-electron chi connectivity index (χ0n) is 28.1. The van der Waals surface area contributed by atoms with E-state index in [1.54, 1.807) is 0 Å². The van der Waals surface area contributed by atoms with E-state index in [-0.39, 0.29) is 6.17 Å². The molecule has 4 nitrogen and oxygen atoms in total. The molecule has 0 saturated carbocycles. The Balaban J connectivity index is 1.15. The molecule has 0 amide bonds. The Bertz CT molecular complexity index is 2280. The molecule has 0 spiro atoms. The van der Waals surface area contributed by atoms with E-state index in [9.17, 15) is 0 Å². The number of benzene rings is 2. The van der Waals surface area contributed by atoms with E-state index in [4.69, 9.17) is 9.98 Å². The second-order valence-electron chi connectivity index (χ2n) is 14.2. The summed E-state index contributed by atoms with van der Waals surface area (Å²) in [5.41, 5.74) is 11.7. The summed E-state index contributed by atoms with van der Waals surface area (Å²) in [5, 5.41) is 5.60. The highest BCUT2D eigenvalue weighted by molar-refractivity contribution is 8.00. The van der Waals surface area contributed by atoms with E-state index in [2.05, 4.69) is 137 Å². The highest BCUT2D eigenvalue weighted by Gasteiger charge is 2.34. The third-order valence-electron chi connectivity index (χ3n) is 11.1. The maximum atomic E-state index is 5.36. The van der Waals surface area contributed by atoms with Crippen molar-refractivity contribution in [1.82, 2.24) is 9.88 Å². The minimum atomic E-state index is -0.187. The third kappa shape index (κ3) is 5.13. The van der Waals surface area contributed by atoms with Gasteiger partial charge in [-0.2, -0.15) is 4.99 Å². The van der Waals surface area contributed by atoms with Crippen molar-refractivity contribution in [3.63, 3.8) is 0 Å². The first kappa shape index (κ1) is 30.0. The number of nitrogens with zero attached hydrogens (tertiary/aromatic N) is 3. The van der Waals surface area contributed by atoms with Gasteiger partial charge < -0.3 is 5.32 Å². The molecule has 4 atom stereocenters. The SMILES string of the molecule is C1=CCCC(C2=NC(C3=CCCC=C3)NC(n3c4c(c5ccc(-c6cccc7c6SC6C=CC=CC76)cc53)CC(C3=CCCC=C3)C=C4)=N2)=C1. The summed E-state index contributed by atoms with van der Waals surface area (Å²) in [5.74, 6) is 2.51. The number of allylic oxidation sites excluding steroid dienone is 13. The van der Waals surface area contributed by atoms with Gasteiger partial charge >= 0.3 is 0 Å². The molecule has 0 fully saturated rings. The largest absolute Gasteiger partial charge is 0.330 e. The number of hydrogen-bond donors (Lipinski definition) is 1. The zero-order chi connectivity index (χ0) is 33.0. The van der Waals surface area contributed by atoms with Crippen molar-refractivity contribution in [3.8, 4) is 11.1 Å². The van der Waals surface area contributed by atoms with Crippen molar-refractivity contribution in [2.75, 3.05) is 0 Å². The van der Waals surface area contributed by atoms with Crippen LogP contribution < -0.4 is 5.32 Å². The van der Waals surface area contributed by atoms with Gasteiger partial charge in [0.05, 0.1) is 11.2 Å². The molecule has 1 N–H and O–H groups in total. The molecule has 246 valence electrons. The fourth-order valence-corrected chi connectivity index (χ4v) is 10.1. The second-order valence-corrected chi connectivity index (χ2v) is 15.4. The summed E-state index contributed by atoms with van der Waals surface area (Å²) in [6.45, 7) is 0. The maximum absolute atomic E-state index is 5.36. The number of hydrogen-bond acceptors (Lipinski definition) is 4. The average Bonchev–Trinajstić information content (AvgIpc) is 3.74. The molecule has 3 aromatic rings. The van der Waals surface area contributed by atoms with E-state index in [0.717, 1.165) is 56.7 Å². The van der Waals surface area contributed by atoms with Crippen LogP contribution in [-0.2, 0) is 6.42 Å². The second kappa shape index (κ2) is 12.5. The number of amidine groups is 1. The topological polar surface area (TPSA) is 41.7 Å². The molecule has 0 bridgehead atoms. The molecule has 2 aromatic carbocycles. The highest BCUT2D eigenvalue weighted by atomic mass is 32.2. The number of nitrogens with one attached hydrogen (secondary N) is 1. The monoisotopic (exact) mass is 668 g/mol. The van der Waals surface area contributed by atoms with Crippen LogP contribution in [-0.4, -0.2) is 27.8 Å². The zero-order valence-corrected chi connectivity index (χ0v) is 28.9. The van der Waals surface area contributed by atoms with Crippen molar-refractivity contribution >= 4 is 40.5 Å².